The lowest BCUT2D eigenvalue weighted by molar-refractivity contribution is -0.141. The van der Waals surface area contributed by atoms with Crippen LogP contribution in [0, 0.1) is 19.8 Å². The van der Waals surface area contributed by atoms with E-state index >= 15 is 0 Å². The monoisotopic (exact) mass is 286 g/mol. The molecular formula is C16H18N2O3. The third-order valence-electron chi connectivity index (χ3n) is 4.40. The summed E-state index contributed by atoms with van der Waals surface area (Å²) >= 11 is 0. The van der Waals surface area contributed by atoms with Crippen molar-refractivity contribution in [1.82, 2.24) is 9.88 Å². The van der Waals surface area contributed by atoms with Crippen molar-refractivity contribution in [1.29, 1.82) is 0 Å². The molecule has 2 aromatic rings. The third kappa shape index (κ3) is 2.18. The van der Waals surface area contributed by atoms with Crippen LogP contribution >= 0.6 is 0 Å². The summed E-state index contributed by atoms with van der Waals surface area (Å²) in [5.41, 5.74) is 3.66. The predicted molar refractivity (Wildman–Crippen MR) is 79.4 cm³/mol. The fourth-order valence-electron chi connectivity index (χ4n) is 2.98. The fraction of sp³-hybridized carbons (Fsp3) is 0.375. The maximum Gasteiger partial charge on any atom is 0.308 e. The first kappa shape index (κ1) is 13.7. The van der Waals surface area contributed by atoms with Crippen molar-refractivity contribution in [3.63, 3.8) is 0 Å². The summed E-state index contributed by atoms with van der Waals surface area (Å²) in [5.74, 6) is -1.36. The molecule has 1 aromatic carbocycles. The Morgan fingerprint density at radius 3 is 2.76 bits per heavy atom. The summed E-state index contributed by atoms with van der Waals surface area (Å²) in [7, 11) is 0. The molecule has 0 saturated carbocycles. The summed E-state index contributed by atoms with van der Waals surface area (Å²) in [4.78, 5) is 28.6. The zero-order valence-corrected chi connectivity index (χ0v) is 12.1. The van der Waals surface area contributed by atoms with Crippen LogP contribution in [0.15, 0.2) is 18.2 Å². The number of nitrogens with zero attached hydrogens (tertiary/aromatic N) is 1. The number of hydrogen-bond acceptors (Lipinski definition) is 2. The molecule has 1 atom stereocenters. The van der Waals surface area contributed by atoms with Crippen molar-refractivity contribution < 1.29 is 14.7 Å². The van der Waals surface area contributed by atoms with Gasteiger partial charge in [-0.15, -0.1) is 0 Å². The van der Waals surface area contributed by atoms with Crippen LogP contribution in [-0.4, -0.2) is 40.0 Å². The van der Waals surface area contributed by atoms with Crippen LogP contribution in [-0.2, 0) is 4.79 Å². The zero-order valence-electron chi connectivity index (χ0n) is 12.1. The van der Waals surface area contributed by atoms with Crippen molar-refractivity contribution in [2.45, 2.75) is 20.3 Å². The van der Waals surface area contributed by atoms with Gasteiger partial charge in [-0.1, -0.05) is 12.1 Å². The predicted octanol–water partition coefficient (Wildman–Crippen LogP) is 2.33. The molecular weight excluding hydrogens is 268 g/mol. The minimum absolute atomic E-state index is 0.0920. The normalized spacial score (nSPS) is 18.4. The number of carbonyl (C=O) groups excluding carboxylic acids is 1. The van der Waals surface area contributed by atoms with E-state index < -0.39 is 11.9 Å². The summed E-state index contributed by atoms with van der Waals surface area (Å²) in [6.07, 6.45) is 0.528. The minimum Gasteiger partial charge on any atom is -0.481 e. The maximum absolute atomic E-state index is 12.7. The summed E-state index contributed by atoms with van der Waals surface area (Å²) in [6.45, 7) is 4.81. The quantitative estimate of drug-likeness (QED) is 0.890. The molecule has 1 fully saturated rings. The molecule has 3 rings (SSSR count). The maximum atomic E-state index is 12.7. The second-order valence-electron chi connectivity index (χ2n) is 5.68. The molecule has 5 nitrogen and oxygen atoms in total. The molecule has 2 N–H and O–H groups in total. The van der Waals surface area contributed by atoms with E-state index in [0.29, 0.717) is 25.1 Å². The number of carbonyl (C=O) groups is 2. The number of hydrogen-bond donors (Lipinski definition) is 2. The number of fused-ring (bicyclic) bond motifs is 1. The highest BCUT2D eigenvalue weighted by Gasteiger charge is 2.32. The Kier molecular flexibility index (Phi) is 3.20. The molecule has 0 bridgehead atoms. The molecule has 1 aromatic heterocycles. The van der Waals surface area contributed by atoms with E-state index in [2.05, 4.69) is 4.98 Å². The van der Waals surface area contributed by atoms with Gasteiger partial charge in [0.25, 0.3) is 5.91 Å². The third-order valence-corrected chi connectivity index (χ3v) is 4.40. The molecule has 1 amide bonds. The van der Waals surface area contributed by atoms with Gasteiger partial charge in [0.15, 0.2) is 0 Å². The van der Waals surface area contributed by atoms with E-state index in [0.717, 1.165) is 22.2 Å². The topological polar surface area (TPSA) is 73.4 Å². The molecule has 0 radical (unpaired) electrons. The number of H-pyrrole nitrogens is 1. The molecule has 21 heavy (non-hydrogen) atoms. The highest BCUT2D eigenvalue weighted by Crippen LogP contribution is 2.26. The van der Waals surface area contributed by atoms with Crippen LogP contribution in [0.5, 0.6) is 0 Å². The van der Waals surface area contributed by atoms with E-state index in [4.69, 9.17) is 5.11 Å². The first-order chi connectivity index (χ1) is 9.99. The molecule has 1 unspecified atom stereocenters. The number of rotatable bonds is 2. The Labute approximate surface area is 122 Å². The van der Waals surface area contributed by atoms with Crippen LogP contribution in [0.3, 0.4) is 0 Å². The second kappa shape index (κ2) is 4.91. The Morgan fingerprint density at radius 1 is 1.33 bits per heavy atom. The van der Waals surface area contributed by atoms with Gasteiger partial charge in [0.1, 0.15) is 0 Å². The standard InChI is InChI=1S/C16H18N2O3/c1-9-10(2)17-14-12(9)4-3-5-13(14)15(19)18-7-6-11(8-18)16(20)21/h3-5,11,17H,6-8H2,1-2H3,(H,20,21). The van der Waals surface area contributed by atoms with Crippen LogP contribution < -0.4 is 0 Å². The zero-order chi connectivity index (χ0) is 15.1. The van der Waals surface area contributed by atoms with E-state index in [1.54, 1.807) is 11.0 Å². The SMILES string of the molecule is Cc1[nH]c2c(C(=O)N3CCC(C(=O)O)C3)cccc2c1C. The lowest BCUT2D eigenvalue weighted by atomic mass is 10.1. The van der Waals surface area contributed by atoms with E-state index in [1.165, 1.54) is 0 Å². The number of aliphatic carboxylic acids is 1. The molecule has 1 aliphatic heterocycles. The van der Waals surface area contributed by atoms with Crippen LogP contribution in [0.4, 0.5) is 0 Å². The summed E-state index contributed by atoms with van der Waals surface area (Å²) in [6, 6.07) is 5.67. The van der Waals surface area contributed by atoms with Gasteiger partial charge in [-0.2, -0.15) is 0 Å². The molecule has 5 heteroatoms. The lowest BCUT2D eigenvalue weighted by Crippen LogP contribution is -2.30. The number of amides is 1. The van der Waals surface area contributed by atoms with Gasteiger partial charge in [-0.05, 0) is 31.9 Å². The number of benzene rings is 1. The molecule has 0 spiro atoms. The molecule has 2 heterocycles. The average Bonchev–Trinajstić information content (AvgIpc) is 3.05. The van der Waals surface area contributed by atoms with Gasteiger partial charge in [-0.25, -0.2) is 0 Å². The highest BCUT2D eigenvalue weighted by atomic mass is 16.4. The van der Waals surface area contributed by atoms with Crippen LogP contribution in [0.1, 0.15) is 28.0 Å². The summed E-state index contributed by atoms with van der Waals surface area (Å²) < 4.78 is 0. The minimum atomic E-state index is -0.824. The number of para-hydroxylation sites is 1. The number of likely N-dealkylation sites (tertiary alicyclic amines) is 1. The Bertz CT molecular complexity index is 732. The van der Waals surface area contributed by atoms with Crippen LogP contribution in [0.25, 0.3) is 10.9 Å². The average molecular weight is 286 g/mol. The molecule has 110 valence electrons. The van der Waals surface area contributed by atoms with Crippen molar-refractivity contribution in [3.05, 3.63) is 35.0 Å². The van der Waals surface area contributed by atoms with Gasteiger partial charge in [0, 0.05) is 24.2 Å². The van der Waals surface area contributed by atoms with Crippen molar-refractivity contribution in [3.8, 4) is 0 Å². The van der Waals surface area contributed by atoms with Gasteiger partial charge < -0.3 is 15.0 Å². The van der Waals surface area contributed by atoms with E-state index in [9.17, 15) is 9.59 Å². The van der Waals surface area contributed by atoms with Gasteiger partial charge in [0.05, 0.1) is 17.0 Å². The van der Waals surface area contributed by atoms with E-state index in [-0.39, 0.29) is 5.91 Å². The van der Waals surface area contributed by atoms with Crippen molar-refractivity contribution in [2.24, 2.45) is 5.92 Å². The van der Waals surface area contributed by atoms with Gasteiger partial charge in [-0.3, -0.25) is 9.59 Å². The number of aryl methyl sites for hydroxylation is 2. The fourth-order valence-corrected chi connectivity index (χ4v) is 2.98. The van der Waals surface area contributed by atoms with E-state index in [1.807, 2.05) is 26.0 Å². The first-order valence-corrected chi connectivity index (χ1v) is 7.09. The smallest absolute Gasteiger partial charge is 0.308 e. The van der Waals surface area contributed by atoms with Gasteiger partial charge >= 0.3 is 5.97 Å². The molecule has 0 aliphatic carbocycles. The largest absolute Gasteiger partial charge is 0.481 e. The Morgan fingerprint density at radius 2 is 2.10 bits per heavy atom. The second-order valence-corrected chi connectivity index (χ2v) is 5.68. The molecule has 1 saturated heterocycles. The number of carboxylic acids is 1. The van der Waals surface area contributed by atoms with Gasteiger partial charge in [0.2, 0.25) is 0 Å². The van der Waals surface area contributed by atoms with Crippen molar-refractivity contribution in [2.75, 3.05) is 13.1 Å². The molecule has 1 aliphatic rings. The number of nitrogens with one attached hydrogen (secondary N) is 1. The first-order valence-electron chi connectivity index (χ1n) is 7.09. The Balaban J connectivity index is 1.96. The Hall–Kier alpha value is -2.30. The number of aromatic amines is 1. The number of carboxylic acid groups (broad SMARTS) is 1. The lowest BCUT2D eigenvalue weighted by Gasteiger charge is -2.16. The summed E-state index contributed by atoms with van der Waals surface area (Å²) in [5, 5.41) is 10.1. The highest BCUT2D eigenvalue weighted by molar-refractivity contribution is 6.06. The van der Waals surface area contributed by atoms with Crippen molar-refractivity contribution >= 4 is 22.8 Å². The van der Waals surface area contributed by atoms with Crippen LogP contribution in [0.2, 0.25) is 0 Å². The number of aromatic nitrogens is 1.